The number of aryl methyl sites for hydroxylation is 2. The molecule has 3 nitrogen and oxygen atoms in total. The second-order valence-electron chi connectivity index (χ2n) is 5.13. The number of nitrogens with two attached hydrogens (primary N) is 1. The van der Waals surface area contributed by atoms with Crippen LogP contribution in [0.2, 0.25) is 5.02 Å². The standard InChI is InChI=1S/C17H20ClNO2/c1-10-8-13(9-11(2)17(10)18)21-15-7-5-6-14(20-4)16(15)12(3)19/h5-9,12H,19H2,1-4H3/t12-/m1/s1. The molecule has 2 N–H and O–H groups in total. The van der Waals surface area contributed by atoms with Crippen LogP contribution in [0.15, 0.2) is 30.3 Å². The fourth-order valence-corrected chi connectivity index (χ4v) is 2.44. The van der Waals surface area contributed by atoms with Crippen molar-refractivity contribution in [3.63, 3.8) is 0 Å². The Labute approximate surface area is 130 Å². The molecule has 0 aromatic heterocycles. The van der Waals surface area contributed by atoms with E-state index in [1.165, 1.54) is 0 Å². The first kappa shape index (κ1) is 15.7. The van der Waals surface area contributed by atoms with Gasteiger partial charge in [0.15, 0.2) is 0 Å². The van der Waals surface area contributed by atoms with Crippen LogP contribution in [0.25, 0.3) is 0 Å². The molecule has 0 spiro atoms. The second kappa shape index (κ2) is 6.37. The van der Waals surface area contributed by atoms with Gasteiger partial charge in [0.25, 0.3) is 0 Å². The van der Waals surface area contributed by atoms with E-state index in [0.717, 1.165) is 33.2 Å². The topological polar surface area (TPSA) is 44.5 Å². The first-order valence-corrected chi connectivity index (χ1v) is 7.19. The Morgan fingerprint density at radius 1 is 1.10 bits per heavy atom. The molecule has 0 radical (unpaired) electrons. The molecule has 0 aliphatic heterocycles. The van der Waals surface area contributed by atoms with E-state index in [-0.39, 0.29) is 6.04 Å². The highest BCUT2D eigenvalue weighted by Gasteiger charge is 2.15. The van der Waals surface area contributed by atoms with E-state index in [2.05, 4.69) is 0 Å². The summed E-state index contributed by atoms with van der Waals surface area (Å²) in [7, 11) is 1.63. The highest BCUT2D eigenvalue weighted by atomic mass is 35.5. The Kier molecular flexibility index (Phi) is 4.76. The molecule has 0 aliphatic rings. The van der Waals surface area contributed by atoms with Gasteiger partial charge in [0.1, 0.15) is 17.2 Å². The molecule has 2 rings (SSSR count). The number of rotatable bonds is 4. The summed E-state index contributed by atoms with van der Waals surface area (Å²) in [4.78, 5) is 0. The van der Waals surface area contributed by atoms with Crippen molar-refractivity contribution >= 4 is 11.6 Å². The smallest absolute Gasteiger partial charge is 0.135 e. The summed E-state index contributed by atoms with van der Waals surface area (Å²) in [5.41, 5.74) is 8.87. The number of hydrogen-bond acceptors (Lipinski definition) is 3. The van der Waals surface area contributed by atoms with Crippen molar-refractivity contribution in [3.8, 4) is 17.2 Å². The van der Waals surface area contributed by atoms with Crippen LogP contribution in [-0.2, 0) is 0 Å². The zero-order valence-corrected chi connectivity index (χ0v) is 13.5. The highest BCUT2D eigenvalue weighted by Crippen LogP contribution is 2.37. The van der Waals surface area contributed by atoms with Gasteiger partial charge in [0, 0.05) is 11.1 Å². The van der Waals surface area contributed by atoms with E-state index in [0.29, 0.717) is 5.75 Å². The lowest BCUT2D eigenvalue weighted by Gasteiger charge is -2.17. The molecule has 4 heteroatoms. The van der Waals surface area contributed by atoms with Crippen LogP contribution in [0, 0.1) is 13.8 Å². The van der Waals surface area contributed by atoms with Crippen LogP contribution >= 0.6 is 11.6 Å². The minimum absolute atomic E-state index is 0.189. The number of benzene rings is 2. The average molecular weight is 306 g/mol. The monoisotopic (exact) mass is 305 g/mol. The maximum absolute atomic E-state index is 6.19. The first-order chi connectivity index (χ1) is 9.93. The molecule has 0 saturated carbocycles. The van der Waals surface area contributed by atoms with E-state index in [9.17, 15) is 0 Å². The Hall–Kier alpha value is -1.71. The largest absolute Gasteiger partial charge is 0.496 e. The molecule has 21 heavy (non-hydrogen) atoms. The van der Waals surface area contributed by atoms with Crippen molar-refractivity contribution < 1.29 is 9.47 Å². The van der Waals surface area contributed by atoms with Crippen LogP contribution in [-0.4, -0.2) is 7.11 Å². The lowest BCUT2D eigenvalue weighted by molar-refractivity contribution is 0.397. The summed E-state index contributed by atoms with van der Waals surface area (Å²) < 4.78 is 11.4. The van der Waals surface area contributed by atoms with Gasteiger partial charge in [0.05, 0.1) is 12.7 Å². The normalized spacial score (nSPS) is 12.1. The number of ether oxygens (including phenoxy) is 2. The van der Waals surface area contributed by atoms with Crippen LogP contribution in [0.5, 0.6) is 17.2 Å². The van der Waals surface area contributed by atoms with Crippen molar-refractivity contribution in [2.24, 2.45) is 5.73 Å². The number of methoxy groups -OCH3 is 1. The molecule has 0 unspecified atom stereocenters. The zero-order valence-electron chi connectivity index (χ0n) is 12.7. The lowest BCUT2D eigenvalue weighted by atomic mass is 10.1. The van der Waals surface area contributed by atoms with Crippen LogP contribution < -0.4 is 15.2 Å². The molecule has 2 aromatic rings. The van der Waals surface area contributed by atoms with Crippen LogP contribution in [0.1, 0.15) is 29.7 Å². The molecule has 1 atom stereocenters. The van der Waals surface area contributed by atoms with Crippen LogP contribution in [0.4, 0.5) is 0 Å². The van der Waals surface area contributed by atoms with E-state index in [1.54, 1.807) is 7.11 Å². The SMILES string of the molecule is COc1cccc(Oc2cc(C)c(Cl)c(C)c2)c1[C@@H](C)N. The van der Waals surface area contributed by atoms with E-state index in [4.69, 9.17) is 26.8 Å². The third-order valence-corrected chi connectivity index (χ3v) is 3.94. The summed E-state index contributed by atoms with van der Waals surface area (Å²) in [6, 6.07) is 9.30. The molecule has 0 amide bonds. The van der Waals surface area contributed by atoms with Gasteiger partial charge in [0.2, 0.25) is 0 Å². The summed E-state index contributed by atoms with van der Waals surface area (Å²) >= 11 is 6.19. The predicted octanol–water partition coefficient (Wildman–Crippen LogP) is 4.78. The third kappa shape index (κ3) is 3.31. The fraction of sp³-hybridized carbons (Fsp3) is 0.294. The van der Waals surface area contributed by atoms with Gasteiger partial charge in [-0.2, -0.15) is 0 Å². The minimum atomic E-state index is -0.189. The van der Waals surface area contributed by atoms with Gasteiger partial charge in [-0.05, 0) is 56.2 Å². The Morgan fingerprint density at radius 2 is 1.67 bits per heavy atom. The Morgan fingerprint density at radius 3 is 2.19 bits per heavy atom. The van der Waals surface area contributed by atoms with Gasteiger partial charge in [-0.15, -0.1) is 0 Å². The molecule has 0 aliphatic carbocycles. The molecule has 0 heterocycles. The van der Waals surface area contributed by atoms with Crippen molar-refractivity contribution in [3.05, 3.63) is 52.0 Å². The fourth-order valence-electron chi connectivity index (χ4n) is 2.33. The van der Waals surface area contributed by atoms with E-state index >= 15 is 0 Å². The van der Waals surface area contributed by atoms with Crippen molar-refractivity contribution in [1.82, 2.24) is 0 Å². The molecular formula is C17H20ClNO2. The lowest BCUT2D eigenvalue weighted by Crippen LogP contribution is -2.08. The molecule has 112 valence electrons. The molecule has 0 bridgehead atoms. The minimum Gasteiger partial charge on any atom is -0.496 e. The van der Waals surface area contributed by atoms with Crippen LogP contribution in [0.3, 0.4) is 0 Å². The number of hydrogen-bond donors (Lipinski definition) is 1. The van der Waals surface area contributed by atoms with E-state index < -0.39 is 0 Å². The van der Waals surface area contributed by atoms with Gasteiger partial charge in [-0.3, -0.25) is 0 Å². The summed E-state index contributed by atoms with van der Waals surface area (Å²) in [5.74, 6) is 2.17. The Bertz CT molecular complexity index is 630. The molecular weight excluding hydrogens is 286 g/mol. The van der Waals surface area contributed by atoms with E-state index in [1.807, 2.05) is 51.1 Å². The average Bonchev–Trinajstić information content (AvgIpc) is 2.44. The van der Waals surface area contributed by atoms with Gasteiger partial charge >= 0.3 is 0 Å². The highest BCUT2D eigenvalue weighted by molar-refractivity contribution is 6.32. The first-order valence-electron chi connectivity index (χ1n) is 6.81. The molecule has 0 saturated heterocycles. The maximum atomic E-state index is 6.19. The summed E-state index contributed by atoms with van der Waals surface area (Å²) in [6.07, 6.45) is 0. The van der Waals surface area contributed by atoms with Gasteiger partial charge in [-0.25, -0.2) is 0 Å². The quantitative estimate of drug-likeness (QED) is 0.884. The molecule has 0 fully saturated rings. The number of halogens is 1. The van der Waals surface area contributed by atoms with Gasteiger partial charge < -0.3 is 15.2 Å². The van der Waals surface area contributed by atoms with Crippen molar-refractivity contribution in [1.29, 1.82) is 0 Å². The van der Waals surface area contributed by atoms with Crippen molar-refractivity contribution in [2.75, 3.05) is 7.11 Å². The second-order valence-corrected chi connectivity index (χ2v) is 5.51. The predicted molar refractivity (Wildman–Crippen MR) is 86.6 cm³/mol. The van der Waals surface area contributed by atoms with Crippen molar-refractivity contribution in [2.45, 2.75) is 26.8 Å². The maximum Gasteiger partial charge on any atom is 0.135 e. The zero-order chi connectivity index (χ0) is 15.6. The Balaban J connectivity index is 2.44. The van der Waals surface area contributed by atoms with Gasteiger partial charge in [-0.1, -0.05) is 17.7 Å². The summed E-state index contributed by atoms with van der Waals surface area (Å²) in [6.45, 7) is 5.82. The molecule has 2 aromatic carbocycles. The third-order valence-electron chi connectivity index (χ3n) is 3.34. The summed E-state index contributed by atoms with van der Waals surface area (Å²) in [5, 5.41) is 0.764.